The summed E-state index contributed by atoms with van der Waals surface area (Å²) >= 11 is 0. The van der Waals surface area contributed by atoms with E-state index in [1.807, 2.05) is 0 Å². The van der Waals surface area contributed by atoms with E-state index in [1.54, 1.807) is 0 Å². The van der Waals surface area contributed by atoms with E-state index in [0.717, 1.165) is 31.9 Å². The van der Waals surface area contributed by atoms with Crippen LogP contribution < -0.4 is 10.2 Å². The zero-order chi connectivity index (χ0) is 14.7. The number of rotatable bonds is 3. The van der Waals surface area contributed by atoms with Gasteiger partial charge in [0.1, 0.15) is 0 Å². The zero-order valence-corrected chi connectivity index (χ0v) is 12.0. The SMILES string of the molecule is O=C1CCC(Cc2ccc(N3CCOCC3)cc2)C(=O)N1. The number of ether oxygens (including phenoxy) is 1. The fraction of sp³-hybridized carbons (Fsp3) is 0.500. The third-order valence-electron chi connectivity index (χ3n) is 4.15. The second-order valence-corrected chi connectivity index (χ2v) is 5.62. The van der Waals surface area contributed by atoms with Crippen molar-refractivity contribution in [2.45, 2.75) is 19.3 Å². The normalized spacial score (nSPS) is 23.0. The molecule has 1 N–H and O–H groups in total. The van der Waals surface area contributed by atoms with Crippen molar-refractivity contribution in [1.82, 2.24) is 5.32 Å². The molecule has 0 spiro atoms. The quantitative estimate of drug-likeness (QED) is 0.847. The second kappa shape index (κ2) is 6.26. The Balaban J connectivity index is 1.61. The van der Waals surface area contributed by atoms with Gasteiger partial charge in [0.25, 0.3) is 0 Å². The largest absolute Gasteiger partial charge is 0.378 e. The van der Waals surface area contributed by atoms with Crippen LogP contribution >= 0.6 is 0 Å². The lowest BCUT2D eigenvalue weighted by Crippen LogP contribution is -2.41. The Labute approximate surface area is 124 Å². The first kappa shape index (κ1) is 14.1. The number of carbonyl (C=O) groups excluding carboxylic acids is 2. The fourth-order valence-electron chi connectivity index (χ4n) is 2.88. The molecule has 1 atom stereocenters. The van der Waals surface area contributed by atoms with Gasteiger partial charge in [-0.1, -0.05) is 12.1 Å². The number of carbonyl (C=O) groups is 2. The number of nitrogens with zero attached hydrogens (tertiary/aromatic N) is 1. The van der Waals surface area contributed by atoms with Crippen LogP contribution in [0.5, 0.6) is 0 Å². The smallest absolute Gasteiger partial charge is 0.230 e. The number of hydrogen-bond donors (Lipinski definition) is 1. The van der Waals surface area contributed by atoms with Crippen LogP contribution in [0.25, 0.3) is 0 Å². The molecule has 0 radical (unpaired) electrons. The number of hydrogen-bond acceptors (Lipinski definition) is 4. The fourth-order valence-corrected chi connectivity index (χ4v) is 2.88. The maximum absolute atomic E-state index is 11.8. The lowest BCUT2D eigenvalue weighted by molar-refractivity contribution is -0.136. The molecule has 2 aliphatic heterocycles. The van der Waals surface area contributed by atoms with Crippen molar-refractivity contribution in [3.63, 3.8) is 0 Å². The van der Waals surface area contributed by atoms with Gasteiger partial charge in [-0.05, 0) is 30.5 Å². The molecular formula is C16H20N2O3. The van der Waals surface area contributed by atoms with Crippen LogP contribution in [0.1, 0.15) is 18.4 Å². The van der Waals surface area contributed by atoms with E-state index in [4.69, 9.17) is 4.74 Å². The number of amides is 2. The van der Waals surface area contributed by atoms with Crippen molar-refractivity contribution in [3.8, 4) is 0 Å². The minimum atomic E-state index is -0.154. The van der Waals surface area contributed by atoms with E-state index >= 15 is 0 Å². The van der Waals surface area contributed by atoms with E-state index < -0.39 is 0 Å². The van der Waals surface area contributed by atoms with Crippen molar-refractivity contribution in [2.24, 2.45) is 5.92 Å². The van der Waals surface area contributed by atoms with Gasteiger partial charge >= 0.3 is 0 Å². The average molecular weight is 288 g/mol. The molecule has 2 amide bonds. The highest BCUT2D eigenvalue weighted by Crippen LogP contribution is 2.21. The molecule has 0 aliphatic carbocycles. The summed E-state index contributed by atoms with van der Waals surface area (Å²) in [5.41, 5.74) is 2.34. The molecule has 1 unspecified atom stereocenters. The van der Waals surface area contributed by atoms with Crippen LogP contribution in [-0.2, 0) is 20.7 Å². The van der Waals surface area contributed by atoms with E-state index in [0.29, 0.717) is 19.3 Å². The monoisotopic (exact) mass is 288 g/mol. The molecule has 1 aromatic carbocycles. The Morgan fingerprint density at radius 1 is 1.14 bits per heavy atom. The van der Waals surface area contributed by atoms with Crippen LogP contribution in [0.4, 0.5) is 5.69 Å². The zero-order valence-electron chi connectivity index (χ0n) is 12.0. The molecule has 0 aromatic heterocycles. The summed E-state index contributed by atoms with van der Waals surface area (Å²) in [6.07, 6.45) is 1.79. The molecule has 2 heterocycles. The van der Waals surface area contributed by atoms with Gasteiger partial charge < -0.3 is 9.64 Å². The van der Waals surface area contributed by atoms with Crippen molar-refractivity contribution < 1.29 is 14.3 Å². The molecule has 112 valence electrons. The Morgan fingerprint density at radius 2 is 1.86 bits per heavy atom. The molecule has 0 bridgehead atoms. The summed E-state index contributed by atoms with van der Waals surface area (Å²) < 4.78 is 5.35. The Bertz CT molecular complexity index is 521. The molecule has 1 aromatic rings. The lowest BCUT2D eigenvalue weighted by atomic mass is 9.91. The van der Waals surface area contributed by atoms with Gasteiger partial charge in [0.05, 0.1) is 13.2 Å². The van der Waals surface area contributed by atoms with Crippen LogP contribution in [0.2, 0.25) is 0 Å². The molecule has 3 rings (SSSR count). The number of benzene rings is 1. The van der Waals surface area contributed by atoms with E-state index in [9.17, 15) is 9.59 Å². The van der Waals surface area contributed by atoms with Crippen molar-refractivity contribution >= 4 is 17.5 Å². The molecule has 2 fully saturated rings. The highest BCUT2D eigenvalue weighted by molar-refractivity contribution is 5.98. The highest BCUT2D eigenvalue weighted by Gasteiger charge is 2.26. The summed E-state index contributed by atoms with van der Waals surface area (Å²) in [6.45, 7) is 3.40. The summed E-state index contributed by atoms with van der Waals surface area (Å²) in [4.78, 5) is 25.2. The Hall–Kier alpha value is -1.88. The minimum Gasteiger partial charge on any atom is -0.378 e. The second-order valence-electron chi connectivity index (χ2n) is 5.62. The number of nitrogens with one attached hydrogen (secondary N) is 1. The van der Waals surface area contributed by atoms with Gasteiger partial charge in [-0.25, -0.2) is 0 Å². The van der Waals surface area contributed by atoms with E-state index in [1.165, 1.54) is 5.69 Å². The van der Waals surface area contributed by atoms with E-state index in [-0.39, 0.29) is 17.7 Å². The molecule has 2 aliphatic rings. The standard InChI is InChI=1S/C16H20N2O3/c19-15-6-3-13(16(20)17-15)11-12-1-4-14(5-2-12)18-7-9-21-10-8-18/h1-2,4-5,13H,3,6-11H2,(H,17,19,20). The van der Waals surface area contributed by atoms with Gasteiger partial charge in [0, 0.05) is 31.1 Å². The van der Waals surface area contributed by atoms with Gasteiger partial charge in [-0.15, -0.1) is 0 Å². The Kier molecular flexibility index (Phi) is 4.20. The lowest BCUT2D eigenvalue weighted by Gasteiger charge is -2.29. The predicted octanol–water partition coefficient (Wildman–Crippen LogP) is 1.12. The molecular weight excluding hydrogens is 268 g/mol. The third-order valence-corrected chi connectivity index (χ3v) is 4.15. The highest BCUT2D eigenvalue weighted by atomic mass is 16.5. The maximum Gasteiger partial charge on any atom is 0.230 e. The number of imide groups is 1. The Morgan fingerprint density at radius 3 is 2.52 bits per heavy atom. The van der Waals surface area contributed by atoms with Crippen molar-refractivity contribution in [3.05, 3.63) is 29.8 Å². The number of anilines is 1. The summed E-state index contributed by atoms with van der Waals surface area (Å²) in [5, 5.41) is 2.41. The van der Waals surface area contributed by atoms with Crippen LogP contribution in [-0.4, -0.2) is 38.1 Å². The number of morpholine rings is 1. The molecule has 5 heteroatoms. The van der Waals surface area contributed by atoms with Gasteiger partial charge in [-0.2, -0.15) is 0 Å². The maximum atomic E-state index is 11.8. The van der Waals surface area contributed by atoms with Gasteiger partial charge in [0.15, 0.2) is 0 Å². The predicted molar refractivity (Wildman–Crippen MR) is 79.1 cm³/mol. The molecule has 0 saturated carbocycles. The summed E-state index contributed by atoms with van der Waals surface area (Å²) in [7, 11) is 0. The average Bonchev–Trinajstić information content (AvgIpc) is 2.52. The first-order valence-electron chi connectivity index (χ1n) is 7.48. The van der Waals surface area contributed by atoms with Crippen LogP contribution in [0.15, 0.2) is 24.3 Å². The molecule has 5 nitrogen and oxygen atoms in total. The summed E-state index contributed by atoms with van der Waals surface area (Å²) in [6, 6.07) is 8.36. The minimum absolute atomic E-state index is 0.0862. The first-order valence-corrected chi connectivity index (χ1v) is 7.48. The van der Waals surface area contributed by atoms with E-state index in [2.05, 4.69) is 34.5 Å². The molecule has 21 heavy (non-hydrogen) atoms. The van der Waals surface area contributed by atoms with Gasteiger partial charge in [-0.3, -0.25) is 14.9 Å². The summed E-state index contributed by atoms with van der Waals surface area (Å²) in [5.74, 6) is -0.376. The van der Waals surface area contributed by atoms with Crippen LogP contribution in [0, 0.1) is 5.92 Å². The van der Waals surface area contributed by atoms with Crippen molar-refractivity contribution in [1.29, 1.82) is 0 Å². The first-order chi connectivity index (χ1) is 10.2. The number of piperidine rings is 1. The third kappa shape index (κ3) is 3.42. The van der Waals surface area contributed by atoms with Crippen LogP contribution in [0.3, 0.4) is 0 Å². The molecule has 2 saturated heterocycles. The van der Waals surface area contributed by atoms with Crippen molar-refractivity contribution in [2.75, 3.05) is 31.2 Å². The van der Waals surface area contributed by atoms with Gasteiger partial charge in [0.2, 0.25) is 11.8 Å². The topological polar surface area (TPSA) is 58.6 Å².